The van der Waals surface area contributed by atoms with Crippen molar-refractivity contribution < 1.29 is 14.4 Å². The number of nitrogens with one attached hydrogen (secondary N) is 2. The first-order valence-electron chi connectivity index (χ1n) is 8.38. The first kappa shape index (κ1) is 17.7. The molecule has 26 heavy (non-hydrogen) atoms. The van der Waals surface area contributed by atoms with Crippen LogP contribution in [0.3, 0.4) is 0 Å². The van der Waals surface area contributed by atoms with E-state index in [1.165, 1.54) is 7.05 Å². The van der Waals surface area contributed by atoms with Crippen LogP contribution < -0.4 is 10.6 Å². The fraction of sp³-hybridized carbons (Fsp3) is 0.250. The molecule has 6 heteroatoms. The molecule has 0 saturated carbocycles. The van der Waals surface area contributed by atoms with Crippen LogP contribution in [0, 0.1) is 13.8 Å². The lowest BCUT2D eigenvalue weighted by Gasteiger charge is -2.28. The van der Waals surface area contributed by atoms with Crippen LogP contribution in [0.1, 0.15) is 22.3 Å². The van der Waals surface area contributed by atoms with Crippen LogP contribution in [0.4, 0.5) is 4.79 Å². The van der Waals surface area contributed by atoms with Gasteiger partial charge in [-0.3, -0.25) is 14.5 Å². The van der Waals surface area contributed by atoms with Gasteiger partial charge in [0.25, 0.3) is 5.91 Å². The molecule has 134 valence electrons. The van der Waals surface area contributed by atoms with E-state index in [9.17, 15) is 14.4 Å². The molecule has 1 fully saturated rings. The third kappa shape index (κ3) is 2.73. The number of nitrogens with zero attached hydrogens (tertiary/aromatic N) is 1. The molecular formula is C20H21N3O3. The number of benzene rings is 2. The molecule has 4 amide bonds. The summed E-state index contributed by atoms with van der Waals surface area (Å²) in [5, 5.41) is 5.28. The van der Waals surface area contributed by atoms with E-state index in [4.69, 9.17) is 0 Å². The van der Waals surface area contributed by atoms with Crippen LogP contribution in [-0.2, 0) is 15.1 Å². The zero-order chi connectivity index (χ0) is 18.9. The molecule has 0 aromatic heterocycles. The molecule has 1 heterocycles. The van der Waals surface area contributed by atoms with Crippen molar-refractivity contribution in [3.8, 4) is 0 Å². The van der Waals surface area contributed by atoms with Gasteiger partial charge in [0.05, 0.1) is 0 Å². The average molecular weight is 351 g/mol. The first-order valence-corrected chi connectivity index (χ1v) is 8.38. The summed E-state index contributed by atoms with van der Waals surface area (Å²) < 4.78 is 0. The number of amides is 4. The van der Waals surface area contributed by atoms with Gasteiger partial charge in [0, 0.05) is 7.05 Å². The van der Waals surface area contributed by atoms with Crippen molar-refractivity contribution in [2.24, 2.45) is 0 Å². The van der Waals surface area contributed by atoms with Crippen molar-refractivity contribution in [3.05, 3.63) is 70.8 Å². The lowest BCUT2D eigenvalue weighted by molar-refractivity contribution is -0.134. The van der Waals surface area contributed by atoms with E-state index in [0.29, 0.717) is 11.1 Å². The lowest BCUT2D eigenvalue weighted by atomic mass is 9.81. The third-order valence-corrected chi connectivity index (χ3v) is 4.83. The quantitative estimate of drug-likeness (QED) is 0.825. The number of hydrogen-bond donors (Lipinski definition) is 2. The van der Waals surface area contributed by atoms with Crippen molar-refractivity contribution in [1.82, 2.24) is 15.5 Å². The summed E-state index contributed by atoms with van der Waals surface area (Å²) in [6.45, 7) is 3.63. The third-order valence-electron chi connectivity index (χ3n) is 4.83. The highest BCUT2D eigenvalue weighted by Gasteiger charge is 2.54. The molecule has 1 atom stereocenters. The first-order chi connectivity index (χ1) is 12.4. The van der Waals surface area contributed by atoms with Gasteiger partial charge in [0.15, 0.2) is 5.54 Å². The van der Waals surface area contributed by atoms with Crippen molar-refractivity contribution >= 4 is 17.8 Å². The van der Waals surface area contributed by atoms with E-state index in [0.717, 1.165) is 16.0 Å². The molecule has 0 aliphatic carbocycles. The maximum absolute atomic E-state index is 13.3. The molecule has 1 saturated heterocycles. The number of carbonyl (C=O) groups excluding carboxylic acids is 3. The predicted molar refractivity (Wildman–Crippen MR) is 97.4 cm³/mol. The molecule has 3 rings (SSSR count). The number of likely N-dealkylation sites (N-methyl/N-ethyl adjacent to an activating group) is 1. The van der Waals surface area contributed by atoms with Gasteiger partial charge >= 0.3 is 6.03 Å². The van der Waals surface area contributed by atoms with E-state index in [1.807, 2.05) is 50.2 Å². The minimum absolute atomic E-state index is 0.319. The Morgan fingerprint density at radius 3 is 2.35 bits per heavy atom. The Morgan fingerprint density at radius 1 is 1.04 bits per heavy atom. The summed E-state index contributed by atoms with van der Waals surface area (Å²) in [6, 6.07) is 14.2. The summed E-state index contributed by atoms with van der Waals surface area (Å²) in [4.78, 5) is 38.6. The summed E-state index contributed by atoms with van der Waals surface area (Å²) in [6.07, 6.45) is 0. The molecule has 0 radical (unpaired) electrons. The molecule has 0 spiro atoms. The van der Waals surface area contributed by atoms with Gasteiger partial charge in [-0.25, -0.2) is 4.79 Å². The highest BCUT2D eigenvalue weighted by Crippen LogP contribution is 2.36. The Bertz CT molecular complexity index is 879. The van der Waals surface area contributed by atoms with Crippen LogP contribution in [0.25, 0.3) is 0 Å². The molecule has 6 nitrogen and oxygen atoms in total. The maximum atomic E-state index is 13.3. The van der Waals surface area contributed by atoms with Crippen molar-refractivity contribution in [2.45, 2.75) is 19.4 Å². The van der Waals surface area contributed by atoms with E-state index >= 15 is 0 Å². The van der Waals surface area contributed by atoms with Gasteiger partial charge in [-0.2, -0.15) is 0 Å². The van der Waals surface area contributed by atoms with E-state index < -0.39 is 23.4 Å². The summed E-state index contributed by atoms with van der Waals surface area (Å²) in [7, 11) is 1.47. The highest BCUT2D eigenvalue weighted by atomic mass is 16.2. The Hall–Kier alpha value is -3.15. The predicted octanol–water partition coefficient (Wildman–Crippen LogP) is 1.84. The van der Waals surface area contributed by atoms with Crippen LogP contribution in [-0.4, -0.2) is 36.3 Å². The number of hydrogen-bond acceptors (Lipinski definition) is 3. The van der Waals surface area contributed by atoms with Crippen LogP contribution in [0.5, 0.6) is 0 Å². The Kier molecular flexibility index (Phi) is 4.50. The monoisotopic (exact) mass is 351 g/mol. The van der Waals surface area contributed by atoms with Gasteiger partial charge in [-0.05, 0) is 36.1 Å². The van der Waals surface area contributed by atoms with Gasteiger partial charge in [-0.1, -0.05) is 48.5 Å². The number of carbonyl (C=O) groups is 3. The van der Waals surface area contributed by atoms with Crippen LogP contribution in [0.15, 0.2) is 48.5 Å². The van der Waals surface area contributed by atoms with Crippen LogP contribution >= 0.6 is 0 Å². The standard InChI is InChI=1S/C20H21N3O3/c1-13-9-10-16(11-14(13)2)20(15-7-5-4-6-8-15)18(25)23(19(26)22-20)12-17(24)21-3/h4-11H,12H2,1-3H3,(H,21,24)(H,22,26)/t20-/m0/s1. The maximum Gasteiger partial charge on any atom is 0.326 e. The number of rotatable bonds is 4. The normalized spacial score (nSPS) is 19.4. The molecule has 2 N–H and O–H groups in total. The van der Waals surface area contributed by atoms with Crippen molar-refractivity contribution in [2.75, 3.05) is 13.6 Å². The topological polar surface area (TPSA) is 78.5 Å². The fourth-order valence-corrected chi connectivity index (χ4v) is 3.16. The fourth-order valence-electron chi connectivity index (χ4n) is 3.16. The second-order valence-corrected chi connectivity index (χ2v) is 6.41. The van der Waals surface area contributed by atoms with E-state index in [-0.39, 0.29) is 6.54 Å². The van der Waals surface area contributed by atoms with Gasteiger partial charge < -0.3 is 10.6 Å². The Balaban J connectivity index is 2.17. The molecule has 2 aromatic carbocycles. The zero-order valence-corrected chi connectivity index (χ0v) is 15.0. The molecule has 1 aliphatic rings. The van der Waals surface area contributed by atoms with Crippen molar-refractivity contribution in [1.29, 1.82) is 0 Å². The second-order valence-electron chi connectivity index (χ2n) is 6.41. The van der Waals surface area contributed by atoms with Crippen LogP contribution in [0.2, 0.25) is 0 Å². The minimum Gasteiger partial charge on any atom is -0.358 e. The van der Waals surface area contributed by atoms with E-state index in [2.05, 4.69) is 10.6 Å². The molecule has 2 aromatic rings. The zero-order valence-electron chi connectivity index (χ0n) is 15.0. The van der Waals surface area contributed by atoms with Crippen molar-refractivity contribution in [3.63, 3.8) is 0 Å². The smallest absolute Gasteiger partial charge is 0.326 e. The lowest BCUT2D eigenvalue weighted by Crippen LogP contribution is -2.46. The highest BCUT2D eigenvalue weighted by molar-refractivity contribution is 6.11. The van der Waals surface area contributed by atoms with Gasteiger partial charge in [-0.15, -0.1) is 0 Å². The van der Waals surface area contributed by atoms with Gasteiger partial charge in [0.2, 0.25) is 5.91 Å². The largest absolute Gasteiger partial charge is 0.358 e. The van der Waals surface area contributed by atoms with E-state index in [1.54, 1.807) is 12.1 Å². The molecule has 0 bridgehead atoms. The average Bonchev–Trinajstić information content (AvgIpc) is 2.90. The number of aryl methyl sites for hydroxylation is 2. The molecule has 1 aliphatic heterocycles. The second kappa shape index (κ2) is 6.63. The number of urea groups is 1. The molecular weight excluding hydrogens is 330 g/mol. The summed E-state index contributed by atoms with van der Waals surface area (Å²) in [5.41, 5.74) is 2.09. The van der Waals surface area contributed by atoms with Gasteiger partial charge in [0.1, 0.15) is 6.54 Å². The summed E-state index contributed by atoms with van der Waals surface area (Å²) >= 11 is 0. The number of imide groups is 1. The summed E-state index contributed by atoms with van der Waals surface area (Å²) in [5.74, 6) is -0.863. The Labute approximate surface area is 152 Å². The molecule has 0 unspecified atom stereocenters. The minimum atomic E-state index is -1.34. The Morgan fingerprint density at radius 2 is 1.73 bits per heavy atom. The SMILES string of the molecule is CNC(=O)CN1C(=O)N[C@@](c2ccccc2)(c2ccc(C)c(C)c2)C1=O.